The van der Waals surface area contributed by atoms with Gasteiger partial charge in [-0.05, 0) is 48.1 Å². The van der Waals surface area contributed by atoms with Gasteiger partial charge in [-0.15, -0.1) is 11.3 Å². The molecule has 4 nitrogen and oxygen atoms in total. The molecule has 1 N–H and O–H groups in total. The van der Waals surface area contributed by atoms with Gasteiger partial charge >= 0.3 is 0 Å². The van der Waals surface area contributed by atoms with Gasteiger partial charge in [-0.2, -0.15) is 0 Å². The molecule has 1 aromatic carbocycles. The fraction of sp³-hybridized carbons (Fsp3) is 0.316. The van der Waals surface area contributed by atoms with E-state index in [0.717, 1.165) is 42.7 Å². The van der Waals surface area contributed by atoms with Gasteiger partial charge in [0, 0.05) is 11.0 Å². The van der Waals surface area contributed by atoms with Gasteiger partial charge in [-0.1, -0.05) is 25.0 Å². The first-order valence-electron chi connectivity index (χ1n) is 8.19. The zero-order chi connectivity index (χ0) is 16.4. The van der Waals surface area contributed by atoms with Crippen LogP contribution in [0.1, 0.15) is 36.1 Å². The second kappa shape index (κ2) is 6.32. The molecular weight excluding hydrogens is 322 g/mol. The lowest BCUT2D eigenvalue weighted by Crippen LogP contribution is -2.42. The highest BCUT2D eigenvalue weighted by Gasteiger charge is 2.37. The molecular formula is C19H19NO3S. The largest absolute Gasteiger partial charge is 0.454 e. The molecule has 5 heteroatoms. The third-order valence-electron chi connectivity index (χ3n) is 4.64. The number of amides is 1. The number of thiophene rings is 1. The molecule has 0 bridgehead atoms. The van der Waals surface area contributed by atoms with Crippen molar-refractivity contribution in [3.8, 4) is 11.5 Å². The van der Waals surface area contributed by atoms with E-state index in [1.807, 2.05) is 24.3 Å². The van der Waals surface area contributed by atoms with Crippen molar-refractivity contribution in [3.63, 3.8) is 0 Å². The Hall–Kier alpha value is -2.27. The van der Waals surface area contributed by atoms with Gasteiger partial charge in [0.2, 0.25) is 12.7 Å². The van der Waals surface area contributed by atoms with Crippen LogP contribution >= 0.6 is 11.3 Å². The number of nitrogens with one attached hydrogen (secondary N) is 1. The van der Waals surface area contributed by atoms with E-state index in [1.165, 1.54) is 4.88 Å². The topological polar surface area (TPSA) is 47.6 Å². The van der Waals surface area contributed by atoms with Crippen LogP contribution in [0.2, 0.25) is 0 Å². The maximum Gasteiger partial charge on any atom is 0.244 e. The molecule has 1 aliphatic heterocycles. The predicted molar refractivity (Wildman–Crippen MR) is 94.2 cm³/mol. The quantitative estimate of drug-likeness (QED) is 0.853. The Bertz CT molecular complexity index is 761. The zero-order valence-corrected chi connectivity index (χ0v) is 14.1. The van der Waals surface area contributed by atoms with Crippen LogP contribution < -0.4 is 14.8 Å². The zero-order valence-electron chi connectivity index (χ0n) is 13.3. The minimum Gasteiger partial charge on any atom is -0.454 e. The molecule has 124 valence electrons. The first-order valence-corrected chi connectivity index (χ1v) is 9.07. The highest BCUT2D eigenvalue weighted by atomic mass is 32.1. The van der Waals surface area contributed by atoms with Gasteiger partial charge < -0.3 is 14.8 Å². The van der Waals surface area contributed by atoms with Crippen LogP contribution in [0.15, 0.2) is 41.8 Å². The summed E-state index contributed by atoms with van der Waals surface area (Å²) in [4.78, 5) is 13.7. The van der Waals surface area contributed by atoms with Gasteiger partial charge in [-0.3, -0.25) is 4.79 Å². The molecule has 0 saturated heterocycles. The monoisotopic (exact) mass is 341 g/mol. The molecule has 1 aliphatic carbocycles. The molecule has 0 spiro atoms. The van der Waals surface area contributed by atoms with E-state index in [2.05, 4.69) is 22.8 Å². The van der Waals surface area contributed by atoms with Crippen molar-refractivity contribution in [3.05, 3.63) is 52.2 Å². The number of hydrogen-bond donors (Lipinski definition) is 1. The molecule has 0 unspecified atom stereocenters. The number of carbonyl (C=O) groups excluding carboxylic acids is 1. The fourth-order valence-corrected chi connectivity index (χ4v) is 4.37. The van der Waals surface area contributed by atoms with Crippen LogP contribution in [0.5, 0.6) is 11.5 Å². The van der Waals surface area contributed by atoms with Crippen molar-refractivity contribution >= 4 is 23.3 Å². The molecule has 1 saturated carbocycles. The first-order chi connectivity index (χ1) is 11.8. The summed E-state index contributed by atoms with van der Waals surface area (Å²) in [5, 5.41) is 5.32. The van der Waals surface area contributed by atoms with Gasteiger partial charge in [0.05, 0.1) is 5.54 Å². The summed E-state index contributed by atoms with van der Waals surface area (Å²) >= 11 is 1.72. The predicted octanol–water partition coefficient (Wildman–Crippen LogP) is 4.08. The van der Waals surface area contributed by atoms with E-state index in [-0.39, 0.29) is 18.2 Å². The molecule has 0 radical (unpaired) electrons. The Morgan fingerprint density at radius 2 is 2.00 bits per heavy atom. The Labute approximate surface area is 145 Å². The summed E-state index contributed by atoms with van der Waals surface area (Å²) in [6.45, 7) is 0.256. The lowest BCUT2D eigenvalue weighted by atomic mass is 9.95. The number of ether oxygens (including phenoxy) is 2. The average molecular weight is 341 g/mol. The summed E-state index contributed by atoms with van der Waals surface area (Å²) in [5.41, 5.74) is 0.732. The van der Waals surface area contributed by atoms with Crippen LogP contribution in [0.3, 0.4) is 0 Å². The second-order valence-electron chi connectivity index (χ2n) is 6.20. The summed E-state index contributed by atoms with van der Waals surface area (Å²) in [7, 11) is 0. The highest BCUT2D eigenvalue weighted by molar-refractivity contribution is 7.10. The van der Waals surface area contributed by atoms with Crippen LogP contribution in [0.25, 0.3) is 6.08 Å². The van der Waals surface area contributed by atoms with Crippen molar-refractivity contribution in [2.45, 2.75) is 31.2 Å². The van der Waals surface area contributed by atoms with Gasteiger partial charge in [-0.25, -0.2) is 0 Å². The molecule has 1 fully saturated rings. The normalized spacial score (nSPS) is 18.2. The Kier molecular flexibility index (Phi) is 4.02. The third kappa shape index (κ3) is 2.91. The summed E-state index contributed by atoms with van der Waals surface area (Å²) in [6, 6.07) is 9.84. The third-order valence-corrected chi connectivity index (χ3v) is 5.71. The SMILES string of the molecule is O=C(/C=C/c1ccc2c(c1)OCO2)NC1(c2cccs2)CCCC1. The number of benzene rings is 1. The Balaban J connectivity index is 1.48. The number of rotatable bonds is 4. The van der Waals surface area contributed by atoms with Crippen molar-refractivity contribution in [2.75, 3.05) is 6.79 Å². The molecule has 24 heavy (non-hydrogen) atoms. The van der Waals surface area contributed by atoms with E-state index >= 15 is 0 Å². The average Bonchev–Trinajstić information content (AvgIpc) is 3.33. The number of fused-ring (bicyclic) bond motifs is 1. The summed E-state index contributed by atoms with van der Waals surface area (Å²) in [5.74, 6) is 1.42. The van der Waals surface area contributed by atoms with E-state index in [1.54, 1.807) is 17.4 Å². The number of hydrogen-bond acceptors (Lipinski definition) is 4. The maximum absolute atomic E-state index is 12.5. The smallest absolute Gasteiger partial charge is 0.244 e. The minimum atomic E-state index is -0.190. The molecule has 4 rings (SSSR count). The molecule has 2 heterocycles. The van der Waals surface area contributed by atoms with Gasteiger partial charge in [0.25, 0.3) is 0 Å². The molecule has 2 aromatic rings. The van der Waals surface area contributed by atoms with Crippen LogP contribution in [0.4, 0.5) is 0 Å². The Morgan fingerprint density at radius 3 is 2.79 bits per heavy atom. The molecule has 1 aromatic heterocycles. The molecule has 0 atom stereocenters. The van der Waals surface area contributed by atoms with Gasteiger partial charge in [0.1, 0.15) is 0 Å². The Morgan fingerprint density at radius 1 is 1.17 bits per heavy atom. The van der Waals surface area contributed by atoms with Crippen molar-refractivity contribution < 1.29 is 14.3 Å². The second-order valence-corrected chi connectivity index (χ2v) is 7.15. The van der Waals surface area contributed by atoms with Crippen LogP contribution in [-0.2, 0) is 10.3 Å². The van der Waals surface area contributed by atoms with E-state index < -0.39 is 0 Å². The number of carbonyl (C=O) groups is 1. The van der Waals surface area contributed by atoms with Crippen molar-refractivity contribution in [1.82, 2.24) is 5.32 Å². The highest BCUT2D eigenvalue weighted by Crippen LogP contribution is 2.40. The maximum atomic E-state index is 12.5. The summed E-state index contributed by atoms with van der Waals surface area (Å²) < 4.78 is 10.7. The van der Waals surface area contributed by atoms with Crippen molar-refractivity contribution in [2.24, 2.45) is 0 Å². The first kappa shape index (κ1) is 15.3. The standard InChI is InChI=1S/C19H19NO3S/c21-18(8-6-14-5-7-15-16(12-14)23-13-22-15)20-19(9-1-2-10-19)17-4-3-11-24-17/h3-8,11-12H,1-2,9-10,13H2,(H,20,21)/b8-6+. The van der Waals surface area contributed by atoms with Gasteiger partial charge in [0.15, 0.2) is 11.5 Å². The van der Waals surface area contributed by atoms with Crippen molar-refractivity contribution in [1.29, 1.82) is 0 Å². The fourth-order valence-electron chi connectivity index (χ4n) is 3.43. The lowest BCUT2D eigenvalue weighted by Gasteiger charge is -2.28. The summed E-state index contributed by atoms with van der Waals surface area (Å²) in [6.07, 6.45) is 7.75. The van der Waals surface area contributed by atoms with E-state index in [9.17, 15) is 4.79 Å². The molecule has 1 amide bonds. The molecule has 2 aliphatic rings. The van der Waals surface area contributed by atoms with E-state index in [0.29, 0.717) is 0 Å². The lowest BCUT2D eigenvalue weighted by molar-refractivity contribution is -0.118. The van der Waals surface area contributed by atoms with Crippen LogP contribution in [0, 0.1) is 0 Å². The minimum absolute atomic E-state index is 0.0528. The van der Waals surface area contributed by atoms with Crippen LogP contribution in [-0.4, -0.2) is 12.7 Å². The van der Waals surface area contributed by atoms with E-state index in [4.69, 9.17) is 9.47 Å².